The van der Waals surface area contributed by atoms with Gasteiger partial charge in [-0.25, -0.2) is 0 Å². The second-order valence-electron chi connectivity index (χ2n) is 3.79. The number of carbonyl (C=O) groups is 1. The monoisotopic (exact) mass is 232 g/mol. The van der Waals surface area contributed by atoms with Gasteiger partial charge in [0.2, 0.25) is 11.8 Å². The first kappa shape index (κ1) is 11.3. The molecule has 0 atom stereocenters. The number of nitrogens with one attached hydrogen (secondary N) is 1. The van der Waals surface area contributed by atoms with Crippen molar-refractivity contribution in [3.8, 4) is 11.5 Å². The van der Waals surface area contributed by atoms with Crippen molar-refractivity contribution in [2.24, 2.45) is 5.92 Å². The van der Waals surface area contributed by atoms with E-state index in [1.54, 1.807) is 38.4 Å². The maximum Gasteiger partial charge on any atom is 0.322 e. The first-order valence-corrected chi connectivity index (χ1v) is 5.21. The third kappa shape index (κ3) is 2.66. The fraction of sp³-hybridized carbons (Fsp3) is 0.273. The van der Waals surface area contributed by atoms with Crippen molar-refractivity contribution >= 4 is 11.9 Å². The first-order chi connectivity index (χ1) is 8.16. The number of rotatable bonds is 3. The number of aromatic nitrogens is 3. The standard InChI is InChI=1S/C11H12N4O2/c1-7(2)9(16)13-11-15-14-10(17-11)8-3-5-12-6-4-8/h3-7H,1-2H3,(H,13,15,16). The van der Waals surface area contributed by atoms with Crippen molar-refractivity contribution in [3.63, 3.8) is 0 Å². The zero-order chi connectivity index (χ0) is 12.3. The molecule has 1 amide bonds. The number of amides is 1. The molecule has 17 heavy (non-hydrogen) atoms. The lowest BCUT2D eigenvalue weighted by Gasteiger charge is -2.01. The van der Waals surface area contributed by atoms with Gasteiger partial charge in [-0.3, -0.25) is 15.1 Å². The van der Waals surface area contributed by atoms with E-state index in [9.17, 15) is 4.79 Å². The van der Waals surface area contributed by atoms with Gasteiger partial charge in [-0.1, -0.05) is 18.9 Å². The van der Waals surface area contributed by atoms with Crippen molar-refractivity contribution in [3.05, 3.63) is 24.5 Å². The van der Waals surface area contributed by atoms with Crippen molar-refractivity contribution in [1.82, 2.24) is 15.2 Å². The number of nitrogens with zero attached hydrogens (tertiary/aromatic N) is 3. The molecule has 2 heterocycles. The highest BCUT2D eigenvalue weighted by Gasteiger charge is 2.13. The van der Waals surface area contributed by atoms with Crippen molar-refractivity contribution < 1.29 is 9.21 Å². The summed E-state index contributed by atoms with van der Waals surface area (Å²) in [6.45, 7) is 3.57. The summed E-state index contributed by atoms with van der Waals surface area (Å²) >= 11 is 0. The van der Waals surface area contributed by atoms with Gasteiger partial charge in [0, 0.05) is 23.9 Å². The average molecular weight is 232 g/mol. The van der Waals surface area contributed by atoms with Gasteiger partial charge in [-0.15, -0.1) is 5.10 Å². The average Bonchev–Trinajstić information content (AvgIpc) is 2.78. The molecule has 0 aliphatic heterocycles. The molecule has 88 valence electrons. The van der Waals surface area contributed by atoms with Gasteiger partial charge in [0.05, 0.1) is 0 Å². The topological polar surface area (TPSA) is 80.9 Å². The Hall–Kier alpha value is -2.24. The Morgan fingerprint density at radius 2 is 2.00 bits per heavy atom. The smallest absolute Gasteiger partial charge is 0.322 e. The molecular formula is C11H12N4O2. The molecule has 0 bridgehead atoms. The van der Waals surface area contributed by atoms with Gasteiger partial charge in [0.25, 0.3) is 0 Å². The Balaban J connectivity index is 2.14. The van der Waals surface area contributed by atoms with Gasteiger partial charge < -0.3 is 4.42 Å². The lowest BCUT2D eigenvalue weighted by Crippen LogP contribution is -2.17. The Kier molecular flexibility index (Phi) is 3.13. The fourth-order valence-corrected chi connectivity index (χ4v) is 1.13. The van der Waals surface area contributed by atoms with Crippen LogP contribution in [0.2, 0.25) is 0 Å². The van der Waals surface area contributed by atoms with Crippen LogP contribution < -0.4 is 5.32 Å². The fourth-order valence-electron chi connectivity index (χ4n) is 1.13. The van der Waals surface area contributed by atoms with Gasteiger partial charge in [-0.2, -0.15) is 0 Å². The third-order valence-electron chi connectivity index (χ3n) is 2.11. The molecular weight excluding hydrogens is 220 g/mol. The summed E-state index contributed by atoms with van der Waals surface area (Å²) in [4.78, 5) is 15.3. The zero-order valence-corrected chi connectivity index (χ0v) is 9.54. The molecule has 0 aliphatic carbocycles. The lowest BCUT2D eigenvalue weighted by molar-refractivity contribution is -0.119. The minimum atomic E-state index is -0.157. The van der Waals surface area contributed by atoms with Crippen LogP contribution in [0.1, 0.15) is 13.8 Å². The lowest BCUT2D eigenvalue weighted by atomic mass is 10.2. The minimum absolute atomic E-state index is 0.107. The normalized spacial score (nSPS) is 10.5. The maximum absolute atomic E-state index is 11.4. The van der Waals surface area contributed by atoms with E-state index in [1.807, 2.05) is 0 Å². The summed E-state index contributed by atoms with van der Waals surface area (Å²) in [7, 11) is 0. The number of carbonyl (C=O) groups excluding carboxylic acids is 1. The molecule has 2 rings (SSSR count). The number of anilines is 1. The van der Waals surface area contributed by atoms with Crippen molar-refractivity contribution in [2.45, 2.75) is 13.8 Å². The summed E-state index contributed by atoms with van der Waals surface area (Å²) in [5.41, 5.74) is 0.762. The Morgan fingerprint density at radius 3 is 2.65 bits per heavy atom. The molecule has 0 fully saturated rings. The highest BCUT2D eigenvalue weighted by Crippen LogP contribution is 2.18. The van der Waals surface area contributed by atoms with Crippen LogP contribution in [0.3, 0.4) is 0 Å². The van der Waals surface area contributed by atoms with E-state index >= 15 is 0 Å². The van der Waals surface area contributed by atoms with Crippen LogP contribution in [0.5, 0.6) is 0 Å². The number of hydrogen-bond donors (Lipinski definition) is 1. The van der Waals surface area contributed by atoms with Crippen LogP contribution in [0.15, 0.2) is 28.9 Å². The van der Waals surface area contributed by atoms with E-state index in [2.05, 4.69) is 20.5 Å². The largest absolute Gasteiger partial charge is 0.403 e. The molecule has 1 N–H and O–H groups in total. The van der Waals surface area contributed by atoms with E-state index in [0.29, 0.717) is 5.89 Å². The number of hydrogen-bond acceptors (Lipinski definition) is 5. The van der Waals surface area contributed by atoms with Crippen molar-refractivity contribution in [1.29, 1.82) is 0 Å². The van der Waals surface area contributed by atoms with Crippen LogP contribution in [0, 0.1) is 5.92 Å². The first-order valence-electron chi connectivity index (χ1n) is 5.21. The summed E-state index contributed by atoms with van der Waals surface area (Å²) in [6.07, 6.45) is 3.26. The number of pyridine rings is 1. The highest BCUT2D eigenvalue weighted by atomic mass is 16.4. The van der Waals surface area contributed by atoms with Crippen LogP contribution in [0.25, 0.3) is 11.5 Å². The summed E-state index contributed by atoms with van der Waals surface area (Å²) < 4.78 is 5.31. The molecule has 6 heteroatoms. The molecule has 6 nitrogen and oxygen atoms in total. The van der Waals surface area contributed by atoms with E-state index in [1.165, 1.54) is 0 Å². The van der Waals surface area contributed by atoms with E-state index in [-0.39, 0.29) is 17.8 Å². The molecule has 0 spiro atoms. The Morgan fingerprint density at radius 1 is 1.29 bits per heavy atom. The second kappa shape index (κ2) is 4.73. The third-order valence-corrected chi connectivity index (χ3v) is 2.11. The molecule has 0 saturated heterocycles. The van der Waals surface area contributed by atoms with Gasteiger partial charge in [0.15, 0.2) is 0 Å². The molecule has 0 saturated carbocycles. The Labute approximate surface area is 98.1 Å². The maximum atomic E-state index is 11.4. The van der Waals surface area contributed by atoms with E-state index < -0.39 is 0 Å². The summed E-state index contributed by atoms with van der Waals surface area (Å²) in [6, 6.07) is 3.61. The van der Waals surface area contributed by atoms with E-state index in [4.69, 9.17) is 4.42 Å². The second-order valence-corrected chi connectivity index (χ2v) is 3.79. The van der Waals surface area contributed by atoms with Gasteiger partial charge in [0.1, 0.15) is 0 Å². The van der Waals surface area contributed by atoms with Crippen LogP contribution in [0.4, 0.5) is 6.01 Å². The van der Waals surface area contributed by atoms with Crippen LogP contribution in [-0.4, -0.2) is 21.1 Å². The highest BCUT2D eigenvalue weighted by molar-refractivity contribution is 5.90. The SMILES string of the molecule is CC(C)C(=O)Nc1nnc(-c2ccncc2)o1. The molecule has 2 aromatic heterocycles. The Bertz CT molecular complexity index is 507. The zero-order valence-electron chi connectivity index (χ0n) is 9.54. The molecule has 0 unspecified atom stereocenters. The summed E-state index contributed by atoms with van der Waals surface area (Å²) in [5, 5.41) is 10.1. The minimum Gasteiger partial charge on any atom is -0.403 e. The van der Waals surface area contributed by atoms with Crippen LogP contribution >= 0.6 is 0 Å². The van der Waals surface area contributed by atoms with Gasteiger partial charge in [-0.05, 0) is 12.1 Å². The van der Waals surface area contributed by atoms with E-state index in [0.717, 1.165) is 5.56 Å². The molecule has 0 radical (unpaired) electrons. The molecule has 0 aliphatic rings. The van der Waals surface area contributed by atoms with Crippen molar-refractivity contribution in [2.75, 3.05) is 5.32 Å². The predicted molar refractivity (Wildman–Crippen MR) is 61.0 cm³/mol. The molecule has 0 aromatic carbocycles. The van der Waals surface area contributed by atoms with Gasteiger partial charge >= 0.3 is 6.01 Å². The summed E-state index contributed by atoms with van der Waals surface area (Å²) in [5.74, 6) is 0.0626. The molecule has 2 aromatic rings. The quantitative estimate of drug-likeness (QED) is 0.871. The predicted octanol–water partition coefficient (Wildman–Crippen LogP) is 1.73. The van der Waals surface area contributed by atoms with Crippen LogP contribution in [-0.2, 0) is 4.79 Å².